The minimum Gasteiger partial charge on any atom is -0.490 e. The Balaban J connectivity index is 1.84. The summed E-state index contributed by atoms with van der Waals surface area (Å²) >= 11 is 0. The Bertz CT molecular complexity index is 764. The lowest BCUT2D eigenvalue weighted by Gasteiger charge is -2.29. The van der Waals surface area contributed by atoms with E-state index in [1.54, 1.807) is 0 Å². The summed E-state index contributed by atoms with van der Waals surface area (Å²) in [6, 6.07) is 13.4. The third kappa shape index (κ3) is 7.58. The van der Waals surface area contributed by atoms with Crippen LogP contribution < -0.4 is 4.74 Å². The lowest BCUT2D eigenvalue weighted by Crippen LogP contribution is -2.45. The maximum absolute atomic E-state index is 12.4. The van der Waals surface area contributed by atoms with Crippen molar-refractivity contribution in [1.82, 2.24) is 10.3 Å². The standard InChI is InChI=1S/C20H28N2O7/c1-15(2)21(20(24)14-27-10-11-29-22(25)26)12-17(23)13-28-19-9-5-7-16-6-3-4-8-18(16)19/h3-9,15,17,23,25-26H,10-14H2,1-2H3. The molecular formula is C20H28N2O7. The summed E-state index contributed by atoms with van der Waals surface area (Å²) in [6.07, 6.45) is -0.874. The minimum absolute atomic E-state index is 0.00203. The molecule has 0 bridgehead atoms. The van der Waals surface area contributed by atoms with Gasteiger partial charge in [-0.3, -0.25) is 15.2 Å². The molecule has 9 nitrogen and oxygen atoms in total. The lowest BCUT2D eigenvalue weighted by molar-refractivity contribution is -0.493. The zero-order valence-electron chi connectivity index (χ0n) is 16.6. The van der Waals surface area contributed by atoms with E-state index < -0.39 is 11.5 Å². The van der Waals surface area contributed by atoms with E-state index >= 15 is 0 Å². The molecule has 9 heteroatoms. The Kier molecular flexibility index (Phi) is 9.26. The summed E-state index contributed by atoms with van der Waals surface area (Å²) in [5.74, 6) is 0.379. The molecule has 0 saturated carbocycles. The van der Waals surface area contributed by atoms with Crippen molar-refractivity contribution in [3.63, 3.8) is 0 Å². The van der Waals surface area contributed by atoms with Gasteiger partial charge in [-0.25, -0.2) is 4.84 Å². The summed E-state index contributed by atoms with van der Waals surface area (Å²) in [4.78, 5) is 18.2. The first kappa shape index (κ1) is 23.0. The predicted molar refractivity (Wildman–Crippen MR) is 104 cm³/mol. The number of ether oxygens (including phenoxy) is 2. The Hall–Kier alpha value is -2.27. The van der Waals surface area contributed by atoms with Gasteiger partial charge in [-0.15, -0.1) is 0 Å². The van der Waals surface area contributed by atoms with Crippen LogP contribution in [0, 0.1) is 0 Å². The second-order valence-corrected chi connectivity index (χ2v) is 6.72. The number of fused-ring (bicyclic) bond motifs is 1. The van der Waals surface area contributed by atoms with Gasteiger partial charge < -0.3 is 19.5 Å². The summed E-state index contributed by atoms with van der Waals surface area (Å²) in [7, 11) is 0. The second kappa shape index (κ2) is 11.7. The average Bonchev–Trinajstić information content (AvgIpc) is 2.69. The third-order valence-corrected chi connectivity index (χ3v) is 4.19. The van der Waals surface area contributed by atoms with Gasteiger partial charge in [0.2, 0.25) is 5.91 Å². The van der Waals surface area contributed by atoms with Crippen LogP contribution in [0.2, 0.25) is 0 Å². The highest BCUT2D eigenvalue weighted by Gasteiger charge is 2.21. The topological polar surface area (TPSA) is 112 Å². The highest BCUT2D eigenvalue weighted by atomic mass is 17.1. The molecule has 0 spiro atoms. The maximum atomic E-state index is 12.4. The van der Waals surface area contributed by atoms with Crippen molar-refractivity contribution in [3.05, 3.63) is 42.5 Å². The van der Waals surface area contributed by atoms with E-state index in [0.717, 1.165) is 10.8 Å². The molecule has 29 heavy (non-hydrogen) atoms. The molecule has 1 atom stereocenters. The van der Waals surface area contributed by atoms with Crippen LogP contribution in [0.5, 0.6) is 5.75 Å². The number of nitrogens with zero attached hydrogens (tertiary/aromatic N) is 2. The van der Waals surface area contributed by atoms with Gasteiger partial charge in [-0.05, 0) is 25.3 Å². The van der Waals surface area contributed by atoms with Crippen molar-refractivity contribution in [2.45, 2.75) is 26.0 Å². The highest BCUT2D eigenvalue weighted by molar-refractivity contribution is 5.88. The summed E-state index contributed by atoms with van der Waals surface area (Å²) in [5, 5.41) is 28.8. The second-order valence-electron chi connectivity index (χ2n) is 6.72. The Labute approximate surface area is 169 Å². The average molecular weight is 408 g/mol. The number of hydrogen-bond donors (Lipinski definition) is 3. The molecule has 0 aliphatic carbocycles. The number of rotatable bonds is 12. The van der Waals surface area contributed by atoms with E-state index in [-0.39, 0.29) is 44.9 Å². The molecule has 1 unspecified atom stereocenters. The number of amides is 1. The molecule has 3 N–H and O–H groups in total. The van der Waals surface area contributed by atoms with Crippen LogP contribution in [-0.4, -0.2) is 76.8 Å². The third-order valence-electron chi connectivity index (χ3n) is 4.19. The lowest BCUT2D eigenvalue weighted by atomic mass is 10.1. The van der Waals surface area contributed by atoms with Gasteiger partial charge in [0.05, 0.1) is 25.1 Å². The zero-order valence-corrected chi connectivity index (χ0v) is 16.6. The fourth-order valence-electron chi connectivity index (χ4n) is 2.81. The van der Waals surface area contributed by atoms with Crippen molar-refractivity contribution in [1.29, 1.82) is 0 Å². The van der Waals surface area contributed by atoms with E-state index in [4.69, 9.17) is 19.9 Å². The molecule has 2 aromatic rings. The van der Waals surface area contributed by atoms with Crippen molar-refractivity contribution < 1.29 is 34.6 Å². The normalized spacial score (nSPS) is 12.5. The first-order chi connectivity index (χ1) is 13.9. The van der Waals surface area contributed by atoms with E-state index in [2.05, 4.69) is 4.84 Å². The highest BCUT2D eigenvalue weighted by Crippen LogP contribution is 2.25. The fourth-order valence-corrected chi connectivity index (χ4v) is 2.81. The summed E-state index contributed by atoms with van der Waals surface area (Å²) in [6.45, 7) is 3.49. The number of aliphatic hydroxyl groups is 1. The quantitative estimate of drug-likeness (QED) is 0.360. The van der Waals surface area contributed by atoms with E-state index in [9.17, 15) is 9.90 Å². The van der Waals surface area contributed by atoms with E-state index in [0.29, 0.717) is 5.75 Å². The van der Waals surface area contributed by atoms with Crippen molar-refractivity contribution in [2.24, 2.45) is 0 Å². The number of hydrogen-bond acceptors (Lipinski definition) is 8. The smallest absolute Gasteiger partial charge is 0.248 e. The van der Waals surface area contributed by atoms with Crippen LogP contribution in [0.3, 0.4) is 0 Å². The molecular weight excluding hydrogens is 380 g/mol. The van der Waals surface area contributed by atoms with Gasteiger partial charge in [-0.2, -0.15) is 0 Å². The summed E-state index contributed by atoms with van der Waals surface area (Å²) < 4.78 is 10.9. The molecule has 1 amide bonds. The minimum atomic E-state index is -0.874. The number of carbonyl (C=O) groups excluding carboxylic acids is 1. The molecule has 0 heterocycles. The number of carbonyl (C=O) groups is 1. The van der Waals surface area contributed by atoms with Crippen molar-refractivity contribution in [3.8, 4) is 5.75 Å². The Morgan fingerprint density at radius 2 is 1.79 bits per heavy atom. The molecule has 0 aromatic heterocycles. The number of benzene rings is 2. The molecule has 0 saturated heterocycles. The van der Waals surface area contributed by atoms with Gasteiger partial charge in [-0.1, -0.05) is 36.4 Å². The van der Waals surface area contributed by atoms with Crippen molar-refractivity contribution >= 4 is 16.7 Å². The molecule has 160 valence electrons. The molecule has 0 radical (unpaired) electrons. The van der Waals surface area contributed by atoms with Gasteiger partial charge in [0.25, 0.3) is 0 Å². The molecule has 0 aliphatic heterocycles. The van der Waals surface area contributed by atoms with Crippen LogP contribution in [0.1, 0.15) is 13.8 Å². The monoisotopic (exact) mass is 408 g/mol. The largest absolute Gasteiger partial charge is 0.490 e. The van der Waals surface area contributed by atoms with Gasteiger partial charge >= 0.3 is 0 Å². The summed E-state index contributed by atoms with van der Waals surface area (Å²) in [5.41, 5.74) is 0. The number of aliphatic hydroxyl groups excluding tert-OH is 1. The van der Waals surface area contributed by atoms with Gasteiger partial charge in [0, 0.05) is 11.4 Å². The SMILES string of the molecule is CC(C)N(CC(O)COc1cccc2ccccc12)C(=O)COCCON(O)O. The predicted octanol–water partition coefficient (Wildman–Crippen LogP) is 1.85. The zero-order chi connectivity index (χ0) is 21.2. The van der Waals surface area contributed by atoms with Crippen LogP contribution in [0.4, 0.5) is 0 Å². The van der Waals surface area contributed by atoms with Crippen LogP contribution in [0.15, 0.2) is 42.5 Å². The van der Waals surface area contributed by atoms with Gasteiger partial charge in [0.15, 0.2) is 0 Å². The molecule has 2 rings (SSSR count). The first-order valence-electron chi connectivity index (χ1n) is 9.35. The van der Waals surface area contributed by atoms with Crippen LogP contribution >= 0.6 is 0 Å². The van der Waals surface area contributed by atoms with Crippen LogP contribution in [0.25, 0.3) is 10.8 Å². The maximum Gasteiger partial charge on any atom is 0.248 e. The van der Waals surface area contributed by atoms with Crippen molar-refractivity contribution in [2.75, 3.05) is 33.0 Å². The molecule has 0 fully saturated rings. The Morgan fingerprint density at radius 1 is 1.07 bits per heavy atom. The van der Waals surface area contributed by atoms with E-state index in [1.165, 1.54) is 4.90 Å². The van der Waals surface area contributed by atoms with Gasteiger partial charge in [0.1, 0.15) is 25.1 Å². The van der Waals surface area contributed by atoms with Crippen LogP contribution in [-0.2, 0) is 14.4 Å². The molecule has 0 aliphatic rings. The fraction of sp³-hybridized carbons (Fsp3) is 0.450. The first-order valence-corrected chi connectivity index (χ1v) is 9.35. The van der Waals surface area contributed by atoms with E-state index in [1.807, 2.05) is 56.3 Å². The molecule has 2 aromatic carbocycles. The Morgan fingerprint density at radius 3 is 2.52 bits per heavy atom.